The second-order valence-corrected chi connectivity index (χ2v) is 17.8. The third-order valence-corrected chi connectivity index (χ3v) is 14.3. The van der Waals surface area contributed by atoms with Gasteiger partial charge in [0.25, 0.3) is 0 Å². The smallest absolute Gasteiger partial charge is 0.160 e. The van der Waals surface area contributed by atoms with Crippen molar-refractivity contribution in [3.63, 3.8) is 0 Å². The molecule has 13 rings (SSSR count). The molecule has 0 fully saturated rings. The minimum atomic E-state index is -0.269. The molecule has 4 unspecified atom stereocenters. The highest BCUT2D eigenvalue weighted by Gasteiger charge is 2.39. The van der Waals surface area contributed by atoms with Crippen LogP contribution in [-0.4, -0.2) is 15.3 Å². The number of benzene rings is 8. The fraction of sp³-hybridized carbons (Fsp3) is 0.0714. The van der Waals surface area contributed by atoms with Crippen LogP contribution < -0.4 is 21.3 Å². The van der Waals surface area contributed by atoms with Gasteiger partial charge in [-0.25, -0.2) is 0 Å². The van der Waals surface area contributed by atoms with Crippen LogP contribution in [0.15, 0.2) is 206 Å². The average molecular weight is 831 g/mol. The molecule has 11 aromatic rings. The summed E-state index contributed by atoms with van der Waals surface area (Å²) >= 11 is 1.87. The monoisotopic (exact) mass is 830 g/mol. The molecular weight excluding hydrogens is 789 g/mol. The SMILES string of the molecule is C1=C(c2ccccc2)NC(C2NC(n3c4ccccc4c4ccc(-c5ccc6c(c5)c5ccccc5n6-c5ccccc5)cc43)Nc3c2sc2ccccc32)NC1c1ccccc1. The van der Waals surface area contributed by atoms with Crippen molar-refractivity contribution in [2.24, 2.45) is 0 Å². The maximum absolute atomic E-state index is 4.20. The Bertz CT molecular complexity index is 3550. The van der Waals surface area contributed by atoms with Gasteiger partial charge in [-0.05, 0) is 76.9 Å². The Labute approximate surface area is 368 Å². The van der Waals surface area contributed by atoms with Gasteiger partial charge in [-0.2, -0.15) is 0 Å². The van der Waals surface area contributed by atoms with Crippen LogP contribution in [0.2, 0.25) is 0 Å². The fourth-order valence-corrected chi connectivity index (χ4v) is 11.5. The summed E-state index contributed by atoms with van der Waals surface area (Å²) in [6.45, 7) is 0. The molecule has 4 atom stereocenters. The molecule has 8 aromatic carbocycles. The van der Waals surface area contributed by atoms with Crippen LogP contribution in [0.3, 0.4) is 0 Å². The molecular formula is C56H42N6S. The third-order valence-electron chi connectivity index (χ3n) is 13.1. The molecule has 3 aromatic heterocycles. The average Bonchev–Trinajstić information content (AvgIpc) is 4.01. The summed E-state index contributed by atoms with van der Waals surface area (Å²) < 4.78 is 6.14. The number of thiophene rings is 1. The first-order valence-electron chi connectivity index (χ1n) is 21.7. The summed E-state index contributed by atoms with van der Waals surface area (Å²) in [6.07, 6.45) is 1.92. The van der Waals surface area contributed by atoms with Gasteiger partial charge >= 0.3 is 0 Å². The van der Waals surface area contributed by atoms with E-state index in [-0.39, 0.29) is 24.5 Å². The highest BCUT2D eigenvalue weighted by atomic mass is 32.1. The molecule has 6 nitrogen and oxygen atoms in total. The van der Waals surface area contributed by atoms with E-state index in [1.54, 1.807) is 0 Å². The van der Waals surface area contributed by atoms with Crippen LogP contribution in [0, 0.1) is 0 Å². The van der Waals surface area contributed by atoms with E-state index in [4.69, 9.17) is 0 Å². The maximum atomic E-state index is 4.20. The van der Waals surface area contributed by atoms with Crippen molar-refractivity contribution in [2.75, 3.05) is 5.32 Å². The van der Waals surface area contributed by atoms with Gasteiger partial charge in [0.05, 0.1) is 46.0 Å². The summed E-state index contributed by atoms with van der Waals surface area (Å²) in [6, 6.07) is 72.5. The highest BCUT2D eigenvalue weighted by Crippen LogP contribution is 2.47. The van der Waals surface area contributed by atoms with Gasteiger partial charge in [0, 0.05) is 47.9 Å². The number of anilines is 1. The highest BCUT2D eigenvalue weighted by molar-refractivity contribution is 7.19. The number of nitrogens with zero attached hydrogens (tertiary/aromatic N) is 2. The number of nitrogens with one attached hydrogen (secondary N) is 4. The standard InChI is InChI=1S/C56H42N6S/c1-4-16-35(17-5-1)45-34-46(36-18-6-2-7-19-36)58-55(57-45)53-54-52(43-24-12-15-27-51(43)63-54)59-56(60-53)62-48-26-14-10-22-40(48)42-30-28-38(33-50(42)62)37-29-31-49-44(32-37)41-23-11-13-25-47(41)61(49)39-20-8-3-9-21-39/h1-34,45,53,55-60H. The normalized spacial score (nSPS) is 18.7. The lowest BCUT2D eigenvalue weighted by Gasteiger charge is -2.42. The molecule has 2 aliphatic rings. The van der Waals surface area contributed by atoms with Gasteiger partial charge in [0.15, 0.2) is 6.29 Å². The Morgan fingerprint density at radius 3 is 1.87 bits per heavy atom. The Morgan fingerprint density at radius 1 is 0.444 bits per heavy atom. The summed E-state index contributed by atoms with van der Waals surface area (Å²) in [7, 11) is 0. The van der Waals surface area contributed by atoms with E-state index in [1.165, 1.54) is 86.5 Å². The van der Waals surface area contributed by atoms with Gasteiger partial charge in [-0.3, -0.25) is 10.6 Å². The lowest BCUT2D eigenvalue weighted by Crippen LogP contribution is -2.56. The van der Waals surface area contributed by atoms with Gasteiger partial charge in [-0.15, -0.1) is 11.3 Å². The van der Waals surface area contributed by atoms with E-state index < -0.39 is 0 Å². The van der Waals surface area contributed by atoms with E-state index >= 15 is 0 Å². The quantitative estimate of drug-likeness (QED) is 0.135. The Hall–Kier alpha value is -7.42. The van der Waals surface area contributed by atoms with E-state index in [2.05, 4.69) is 237 Å². The second kappa shape index (κ2) is 14.6. The maximum Gasteiger partial charge on any atom is 0.160 e. The number of hydrogen-bond donors (Lipinski definition) is 4. The van der Waals surface area contributed by atoms with Crippen molar-refractivity contribution in [3.8, 4) is 16.8 Å². The first kappa shape index (κ1) is 36.3. The second-order valence-electron chi connectivity index (χ2n) is 16.7. The largest absolute Gasteiger partial charge is 0.368 e. The molecule has 302 valence electrons. The van der Waals surface area contributed by atoms with E-state index in [0.717, 1.165) is 11.4 Å². The summed E-state index contributed by atoms with van der Waals surface area (Å²) in [5.41, 5.74) is 13.0. The zero-order valence-electron chi connectivity index (χ0n) is 34.2. The van der Waals surface area contributed by atoms with Crippen LogP contribution in [0.1, 0.15) is 34.4 Å². The molecule has 63 heavy (non-hydrogen) atoms. The Balaban J connectivity index is 0.960. The molecule has 5 heterocycles. The lowest BCUT2D eigenvalue weighted by molar-refractivity contribution is 0.281. The van der Waals surface area contributed by atoms with Gasteiger partial charge in [-0.1, -0.05) is 152 Å². The number of rotatable bonds is 6. The Morgan fingerprint density at radius 2 is 1.06 bits per heavy atom. The Kier molecular flexibility index (Phi) is 8.40. The van der Waals surface area contributed by atoms with Gasteiger partial charge < -0.3 is 19.8 Å². The number of aromatic nitrogens is 2. The molecule has 0 aliphatic carbocycles. The van der Waals surface area contributed by atoms with Crippen LogP contribution in [-0.2, 0) is 0 Å². The summed E-state index contributed by atoms with van der Waals surface area (Å²) in [5.74, 6) is 0. The zero-order valence-corrected chi connectivity index (χ0v) is 35.1. The molecule has 4 N–H and O–H groups in total. The minimum Gasteiger partial charge on any atom is -0.368 e. The molecule has 0 spiro atoms. The van der Waals surface area contributed by atoms with Crippen molar-refractivity contribution < 1.29 is 0 Å². The molecule has 0 radical (unpaired) electrons. The number of fused-ring (bicyclic) bond motifs is 9. The van der Waals surface area contributed by atoms with Crippen molar-refractivity contribution in [1.82, 2.24) is 25.1 Å². The van der Waals surface area contributed by atoms with Gasteiger partial charge in [0.1, 0.15) is 0 Å². The topological polar surface area (TPSA) is 58.0 Å². The van der Waals surface area contributed by atoms with Gasteiger partial charge in [0.2, 0.25) is 0 Å². The van der Waals surface area contributed by atoms with E-state index in [9.17, 15) is 0 Å². The van der Waals surface area contributed by atoms with Crippen LogP contribution >= 0.6 is 11.3 Å². The predicted molar refractivity (Wildman–Crippen MR) is 263 cm³/mol. The number of para-hydroxylation sites is 3. The number of hydrogen-bond acceptors (Lipinski definition) is 5. The first-order chi connectivity index (χ1) is 31.2. The summed E-state index contributed by atoms with van der Waals surface area (Å²) in [5, 5.41) is 22.5. The molecule has 0 saturated carbocycles. The lowest BCUT2D eigenvalue weighted by atomic mass is 9.97. The van der Waals surface area contributed by atoms with Crippen molar-refractivity contribution in [1.29, 1.82) is 0 Å². The molecule has 2 aliphatic heterocycles. The zero-order chi connectivity index (χ0) is 41.4. The van der Waals surface area contributed by atoms with Crippen molar-refractivity contribution >= 4 is 76.4 Å². The molecule has 0 bridgehead atoms. The van der Waals surface area contributed by atoms with Crippen molar-refractivity contribution in [2.45, 2.75) is 24.5 Å². The summed E-state index contributed by atoms with van der Waals surface area (Å²) in [4.78, 5) is 1.28. The molecule has 7 heteroatoms. The van der Waals surface area contributed by atoms with Crippen molar-refractivity contribution in [3.05, 3.63) is 222 Å². The first-order valence-corrected chi connectivity index (χ1v) is 22.6. The fourth-order valence-electron chi connectivity index (χ4n) is 10.2. The van der Waals surface area contributed by atoms with E-state index in [0.29, 0.717) is 0 Å². The van der Waals surface area contributed by atoms with E-state index in [1.807, 2.05) is 11.3 Å². The van der Waals surface area contributed by atoms with Crippen LogP contribution in [0.25, 0.3) is 76.2 Å². The minimum absolute atomic E-state index is 0.00970. The molecule has 0 saturated heterocycles. The third kappa shape index (κ3) is 5.93. The molecule has 0 amide bonds. The predicted octanol–water partition coefficient (Wildman–Crippen LogP) is 13.3. The van der Waals surface area contributed by atoms with Crippen LogP contribution in [0.4, 0.5) is 5.69 Å². The van der Waals surface area contributed by atoms with Crippen LogP contribution in [0.5, 0.6) is 0 Å².